The van der Waals surface area contributed by atoms with Crippen LogP contribution in [0.4, 0.5) is 0 Å². The summed E-state index contributed by atoms with van der Waals surface area (Å²) in [5.74, 6) is -1.13. The molecule has 0 spiro atoms. The maximum absolute atomic E-state index is 13.1. The third kappa shape index (κ3) is 3.41. The molecule has 2 heterocycles. The fourth-order valence-corrected chi connectivity index (χ4v) is 3.38. The topological polar surface area (TPSA) is 84.7 Å². The highest BCUT2D eigenvalue weighted by atomic mass is 16.5. The van der Waals surface area contributed by atoms with E-state index in [0.29, 0.717) is 18.5 Å². The summed E-state index contributed by atoms with van der Waals surface area (Å²) in [6.07, 6.45) is 1.83. The first-order valence-electron chi connectivity index (χ1n) is 8.14. The highest BCUT2D eigenvalue weighted by Gasteiger charge is 2.38. The summed E-state index contributed by atoms with van der Waals surface area (Å²) in [4.78, 5) is 25.9. The summed E-state index contributed by atoms with van der Waals surface area (Å²) < 4.78 is 7.02. The maximum atomic E-state index is 13.1. The van der Waals surface area contributed by atoms with Crippen LogP contribution in [-0.4, -0.2) is 57.5 Å². The van der Waals surface area contributed by atoms with Crippen molar-refractivity contribution in [2.45, 2.75) is 25.0 Å². The Labute approximate surface area is 145 Å². The number of aryl methyl sites for hydroxylation is 1. The van der Waals surface area contributed by atoms with Crippen LogP contribution in [0.1, 0.15) is 23.2 Å². The molecule has 1 N–H and O–H groups in total. The third-order valence-electron chi connectivity index (χ3n) is 4.60. The van der Waals surface area contributed by atoms with Crippen molar-refractivity contribution in [2.24, 2.45) is 7.05 Å². The predicted molar refractivity (Wildman–Crippen MR) is 91.1 cm³/mol. The van der Waals surface area contributed by atoms with Crippen molar-refractivity contribution in [2.75, 3.05) is 13.7 Å². The highest BCUT2D eigenvalue weighted by molar-refractivity contribution is 6.00. The van der Waals surface area contributed by atoms with Crippen LogP contribution in [0.25, 0.3) is 11.3 Å². The number of hydrogen-bond donors (Lipinski definition) is 1. The number of carboxylic acid groups (broad SMARTS) is 1. The van der Waals surface area contributed by atoms with Gasteiger partial charge in [-0.25, -0.2) is 0 Å². The van der Waals surface area contributed by atoms with Crippen LogP contribution in [0, 0.1) is 0 Å². The number of rotatable bonds is 5. The SMILES string of the molecule is COC1CC(CC(=O)O)N(C(=O)c2cnn(C)c2-c2ccccc2)C1. The van der Waals surface area contributed by atoms with E-state index in [-0.39, 0.29) is 24.5 Å². The number of carboxylic acids is 1. The van der Waals surface area contributed by atoms with Gasteiger partial charge in [0.2, 0.25) is 0 Å². The van der Waals surface area contributed by atoms with Gasteiger partial charge in [-0.1, -0.05) is 30.3 Å². The van der Waals surface area contributed by atoms with Gasteiger partial charge in [0.25, 0.3) is 5.91 Å². The molecule has 1 saturated heterocycles. The molecule has 3 rings (SSSR count). The molecule has 7 nitrogen and oxygen atoms in total. The minimum absolute atomic E-state index is 0.0907. The van der Waals surface area contributed by atoms with Crippen LogP contribution in [0.3, 0.4) is 0 Å². The van der Waals surface area contributed by atoms with E-state index in [1.165, 1.54) is 0 Å². The summed E-state index contributed by atoms with van der Waals surface area (Å²) in [5, 5.41) is 13.4. The molecule has 0 aliphatic carbocycles. The summed E-state index contributed by atoms with van der Waals surface area (Å²) >= 11 is 0. The smallest absolute Gasteiger partial charge is 0.305 e. The number of amides is 1. The van der Waals surface area contributed by atoms with Gasteiger partial charge in [-0.2, -0.15) is 5.10 Å². The summed E-state index contributed by atoms with van der Waals surface area (Å²) in [7, 11) is 3.37. The maximum Gasteiger partial charge on any atom is 0.305 e. The number of hydrogen-bond acceptors (Lipinski definition) is 4. The molecule has 0 bridgehead atoms. The number of aromatic nitrogens is 2. The van der Waals surface area contributed by atoms with Crippen LogP contribution in [0.5, 0.6) is 0 Å². The van der Waals surface area contributed by atoms with Gasteiger partial charge in [-0.15, -0.1) is 0 Å². The molecule has 1 amide bonds. The molecule has 0 saturated carbocycles. The number of nitrogens with zero attached hydrogens (tertiary/aromatic N) is 3. The molecule has 25 heavy (non-hydrogen) atoms. The Morgan fingerprint density at radius 2 is 2.04 bits per heavy atom. The summed E-state index contributed by atoms with van der Waals surface area (Å²) in [6, 6.07) is 9.18. The van der Waals surface area contributed by atoms with E-state index < -0.39 is 5.97 Å². The van der Waals surface area contributed by atoms with Gasteiger partial charge in [0.1, 0.15) is 0 Å². The molecular weight excluding hydrogens is 322 g/mol. The average molecular weight is 343 g/mol. The number of likely N-dealkylation sites (tertiary alicyclic amines) is 1. The van der Waals surface area contributed by atoms with E-state index in [4.69, 9.17) is 9.84 Å². The molecule has 1 fully saturated rings. The standard InChI is InChI=1S/C18H21N3O4/c1-20-17(12-6-4-3-5-7-12)15(10-19-20)18(24)21-11-14(25-2)8-13(21)9-16(22)23/h3-7,10,13-14H,8-9,11H2,1-2H3,(H,22,23). The number of methoxy groups -OCH3 is 1. The zero-order valence-corrected chi connectivity index (χ0v) is 14.3. The fraction of sp³-hybridized carbons (Fsp3) is 0.389. The third-order valence-corrected chi connectivity index (χ3v) is 4.60. The lowest BCUT2D eigenvalue weighted by atomic mass is 10.1. The Hall–Kier alpha value is -2.67. The quantitative estimate of drug-likeness (QED) is 0.895. The van der Waals surface area contributed by atoms with E-state index in [2.05, 4.69) is 5.10 Å². The van der Waals surface area contributed by atoms with Crippen molar-refractivity contribution in [1.82, 2.24) is 14.7 Å². The zero-order chi connectivity index (χ0) is 18.0. The van der Waals surface area contributed by atoms with Crippen molar-refractivity contribution in [3.8, 4) is 11.3 Å². The molecule has 1 aliphatic heterocycles. The van der Waals surface area contributed by atoms with E-state index >= 15 is 0 Å². The normalized spacial score (nSPS) is 20.0. The number of ether oxygens (including phenoxy) is 1. The summed E-state index contributed by atoms with van der Waals surface area (Å²) in [5.41, 5.74) is 2.09. The van der Waals surface area contributed by atoms with E-state index in [0.717, 1.165) is 11.3 Å². The van der Waals surface area contributed by atoms with Crippen LogP contribution in [0.15, 0.2) is 36.5 Å². The van der Waals surface area contributed by atoms with Crippen molar-refractivity contribution in [3.05, 3.63) is 42.1 Å². The molecule has 1 aromatic heterocycles. The number of carbonyl (C=O) groups is 2. The Balaban J connectivity index is 1.94. The molecule has 2 unspecified atom stereocenters. The van der Waals surface area contributed by atoms with Crippen LogP contribution >= 0.6 is 0 Å². The molecule has 1 aliphatic rings. The zero-order valence-electron chi connectivity index (χ0n) is 14.3. The second kappa shape index (κ2) is 7.06. The van der Waals surface area contributed by atoms with Gasteiger partial charge in [-0.05, 0) is 6.42 Å². The van der Waals surface area contributed by atoms with Crippen molar-refractivity contribution in [3.63, 3.8) is 0 Å². The first-order chi connectivity index (χ1) is 12.0. The molecule has 1 aromatic carbocycles. The van der Waals surface area contributed by atoms with Crippen molar-refractivity contribution < 1.29 is 19.4 Å². The molecular formula is C18H21N3O4. The average Bonchev–Trinajstić information content (AvgIpc) is 3.18. The van der Waals surface area contributed by atoms with Gasteiger partial charge in [0, 0.05) is 32.3 Å². The first-order valence-corrected chi connectivity index (χ1v) is 8.14. The van der Waals surface area contributed by atoms with Crippen LogP contribution in [-0.2, 0) is 16.6 Å². The number of benzene rings is 1. The minimum Gasteiger partial charge on any atom is -0.481 e. The van der Waals surface area contributed by atoms with Gasteiger partial charge < -0.3 is 14.7 Å². The Morgan fingerprint density at radius 1 is 1.32 bits per heavy atom. The van der Waals surface area contributed by atoms with E-state index in [9.17, 15) is 9.59 Å². The second-order valence-corrected chi connectivity index (χ2v) is 6.20. The lowest BCUT2D eigenvalue weighted by Gasteiger charge is -2.23. The molecule has 2 aromatic rings. The predicted octanol–water partition coefficient (Wildman–Crippen LogP) is 1.79. The second-order valence-electron chi connectivity index (χ2n) is 6.20. The molecule has 2 atom stereocenters. The lowest BCUT2D eigenvalue weighted by molar-refractivity contribution is -0.137. The van der Waals surface area contributed by atoms with Crippen LogP contribution < -0.4 is 0 Å². The summed E-state index contributed by atoms with van der Waals surface area (Å²) in [6.45, 7) is 0.385. The molecule has 132 valence electrons. The molecule has 7 heteroatoms. The Kier molecular flexibility index (Phi) is 4.85. The fourth-order valence-electron chi connectivity index (χ4n) is 3.38. The Morgan fingerprint density at radius 3 is 2.68 bits per heavy atom. The van der Waals surface area contributed by atoms with Crippen molar-refractivity contribution >= 4 is 11.9 Å². The monoisotopic (exact) mass is 343 g/mol. The number of carbonyl (C=O) groups excluding carboxylic acids is 1. The van der Waals surface area contributed by atoms with Crippen LogP contribution in [0.2, 0.25) is 0 Å². The van der Waals surface area contributed by atoms with Gasteiger partial charge in [0.15, 0.2) is 0 Å². The molecule has 0 radical (unpaired) electrons. The minimum atomic E-state index is -0.922. The van der Waals surface area contributed by atoms with Gasteiger partial charge >= 0.3 is 5.97 Å². The van der Waals surface area contributed by atoms with E-state index in [1.54, 1.807) is 29.9 Å². The number of aliphatic carboxylic acids is 1. The largest absolute Gasteiger partial charge is 0.481 e. The van der Waals surface area contributed by atoms with Gasteiger partial charge in [0.05, 0.1) is 30.0 Å². The van der Waals surface area contributed by atoms with E-state index in [1.807, 2.05) is 30.3 Å². The highest BCUT2D eigenvalue weighted by Crippen LogP contribution is 2.29. The first kappa shape index (κ1) is 17.2. The lowest BCUT2D eigenvalue weighted by Crippen LogP contribution is -2.37. The Bertz CT molecular complexity index is 772. The van der Waals surface area contributed by atoms with Crippen molar-refractivity contribution in [1.29, 1.82) is 0 Å². The van der Waals surface area contributed by atoms with Gasteiger partial charge in [-0.3, -0.25) is 14.3 Å².